The summed E-state index contributed by atoms with van der Waals surface area (Å²) in [7, 11) is -3.76. The van der Waals surface area contributed by atoms with Crippen LogP contribution in [0.5, 0.6) is 0 Å². The normalized spacial score (nSPS) is 11.7. The molecule has 2 heterocycles. The third-order valence-electron chi connectivity index (χ3n) is 3.77. The summed E-state index contributed by atoms with van der Waals surface area (Å²) in [5.74, 6) is 0. The fraction of sp³-hybridized carbons (Fsp3) is 0. The van der Waals surface area contributed by atoms with Gasteiger partial charge in [-0.15, -0.1) is 0 Å². The second kappa shape index (κ2) is 5.58. The van der Waals surface area contributed by atoms with Gasteiger partial charge in [0.15, 0.2) is 0 Å². The maximum atomic E-state index is 12.9. The predicted octanol–water partition coefficient (Wildman–Crippen LogP) is 3.58. The van der Waals surface area contributed by atoms with Gasteiger partial charge >= 0.3 is 0 Å². The number of aromatic nitrogens is 2. The fourth-order valence-corrected chi connectivity index (χ4v) is 3.98. The van der Waals surface area contributed by atoms with Gasteiger partial charge in [-0.2, -0.15) is 0 Å². The van der Waals surface area contributed by atoms with Crippen molar-refractivity contribution in [3.8, 4) is 0 Å². The van der Waals surface area contributed by atoms with Crippen molar-refractivity contribution in [1.29, 1.82) is 0 Å². The fourth-order valence-electron chi connectivity index (χ4n) is 2.70. The molecule has 2 aromatic heterocycles. The third-order valence-corrected chi connectivity index (χ3v) is 5.20. The van der Waals surface area contributed by atoms with Crippen molar-refractivity contribution >= 4 is 37.5 Å². The number of hydrogen-bond donors (Lipinski definition) is 1. The number of fused-ring (bicyclic) bond motifs is 2. The Morgan fingerprint density at radius 3 is 2.46 bits per heavy atom. The average molecular weight is 335 g/mol. The van der Waals surface area contributed by atoms with Crippen molar-refractivity contribution in [3.63, 3.8) is 0 Å². The molecule has 24 heavy (non-hydrogen) atoms. The number of rotatable bonds is 3. The minimum atomic E-state index is -3.76. The number of hydrogen-bond acceptors (Lipinski definition) is 4. The summed E-state index contributed by atoms with van der Waals surface area (Å²) in [6, 6.07) is 17.6. The van der Waals surface area contributed by atoms with Crippen molar-refractivity contribution in [1.82, 2.24) is 9.97 Å². The van der Waals surface area contributed by atoms with Gasteiger partial charge in [-0.25, -0.2) is 8.42 Å². The first-order chi connectivity index (χ1) is 11.6. The molecule has 0 aliphatic carbocycles. The van der Waals surface area contributed by atoms with Gasteiger partial charge in [-0.3, -0.25) is 14.7 Å². The summed E-state index contributed by atoms with van der Waals surface area (Å²) in [5, 5.41) is 1.46. The van der Waals surface area contributed by atoms with Gasteiger partial charge in [-0.1, -0.05) is 24.3 Å². The number of para-hydroxylation sites is 1. The second-order valence-electron chi connectivity index (χ2n) is 5.31. The lowest BCUT2D eigenvalue weighted by Crippen LogP contribution is -2.14. The van der Waals surface area contributed by atoms with Crippen molar-refractivity contribution in [2.24, 2.45) is 0 Å². The zero-order chi connectivity index (χ0) is 16.6. The molecular formula is C18H13N3O2S. The largest absolute Gasteiger partial charge is 0.277 e. The number of sulfonamides is 1. The first-order valence-corrected chi connectivity index (χ1v) is 8.84. The molecule has 0 saturated carbocycles. The van der Waals surface area contributed by atoms with Gasteiger partial charge in [0.05, 0.1) is 21.6 Å². The molecule has 6 heteroatoms. The smallest absolute Gasteiger partial charge is 0.262 e. The van der Waals surface area contributed by atoms with Crippen LogP contribution in [0.25, 0.3) is 21.8 Å². The van der Waals surface area contributed by atoms with Crippen molar-refractivity contribution in [3.05, 3.63) is 73.1 Å². The van der Waals surface area contributed by atoms with Crippen LogP contribution >= 0.6 is 0 Å². The van der Waals surface area contributed by atoms with Gasteiger partial charge in [0.1, 0.15) is 0 Å². The zero-order valence-corrected chi connectivity index (χ0v) is 13.4. The SMILES string of the molecule is O=S(=O)(Nc1cccc2cccnc12)c1cccc2ncccc12. The van der Waals surface area contributed by atoms with Crippen LogP contribution in [0.4, 0.5) is 5.69 Å². The van der Waals surface area contributed by atoms with E-state index in [9.17, 15) is 8.42 Å². The summed E-state index contributed by atoms with van der Waals surface area (Å²) >= 11 is 0. The van der Waals surface area contributed by atoms with E-state index in [1.807, 2.05) is 18.2 Å². The summed E-state index contributed by atoms with van der Waals surface area (Å²) in [5.41, 5.74) is 1.70. The summed E-state index contributed by atoms with van der Waals surface area (Å²) in [4.78, 5) is 8.69. The molecule has 0 unspecified atom stereocenters. The Kier molecular flexibility index (Phi) is 3.39. The first kappa shape index (κ1) is 14.6. The number of nitrogens with zero attached hydrogens (tertiary/aromatic N) is 2. The molecule has 0 radical (unpaired) electrons. The van der Waals surface area contributed by atoms with Crippen molar-refractivity contribution < 1.29 is 8.42 Å². The lowest BCUT2D eigenvalue weighted by Gasteiger charge is -2.11. The lowest BCUT2D eigenvalue weighted by atomic mass is 10.2. The summed E-state index contributed by atoms with van der Waals surface area (Å²) < 4.78 is 28.4. The highest BCUT2D eigenvalue weighted by Crippen LogP contribution is 2.26. The maximum absolute atomic E-state index is 12.9. The monoisotopic (exact) mass is 335 g/mol. The van der Waals surface area contributed by atoms with E-state index < -0.39 is 10.0 Å². The van der Waals surface area contributed by atoms with Crippen molar-refractivity contribution in [2.75, 3.05) is 4.72 Å². The molecule has 0 fully saturated rings. The molecule has 1 N–H and O–H groups in total. The topological polar surface area (TPSA) is 72.0 Å². The Morgan fingerprint density at radius 1 is 0.792 bits per heavy atom. The first-order valence-electron chi connectivity index (χ1n) is 7.35. The lowest BCUT2D eigenvalue weighted by molar-refractivity contribution is 0.602. The minimum Gasteiger partial charge on any atom is -0.277 e. The molecule has 2 aromatic carbocycles. The number of nitrogens with one attached hydrogen (secondary N) is 1. The number of pyridine rings is 2. The molecule has 0 aliphatic rings. The summed E-state index contributed by atoms with van der Waals surface area (Å²) in [6.45, 7) is 0. The average Bonchev–Trinajstić information content (AvgIpc) is 2.61. The molecule has 4 aromatic rings. The maximum Gasteiger partial charge on any atom is 0.262 e. The highest BCUT2D eigenvalue weighted by Gasteiger charge is 2.18. The van der Waals surface area contributed by atoms with Crippen LogP contribution in [-0.4, -0.2) is 18.4 Å². The van der Waals surface area contributed by atoms with Gasteiger partial charge < -0.3 is 0 Å². The van der Waals surface area contributed by atoms with E-state index in [1.54, 1.807) is 54.9 Å². The molecule has 5 nitrogen and oxygen atoms in total. The molecule has 0 spiro atoms. The Bertz CT molecular complexity index is 1150. The number of benzene rings is 2. The van der Waals surface area contributed by atoms with Crippen LogP contribution in [0.2, 0.25) is 0 Å². The van der Waals surface area contributed by atoms with E-state index in [4.69, 9.17) is 0 Å². The Balaban J connectivity index is 1.86. The van der Waals surface area contributed by atoms with Crippen LogP contribution < -0.4 is 4.72 Å². The Hall–Kier alpha value is -2.99. The van der Waals surface area contributed by atoms with E-state index in [0.29, 0.717) is 22.1 Å². The van der Waals surface area contributed by atoms with Gasteiger partial charge in [0.2, 0.25) is 0 Å². The van der Waals surface area contributed by atoms with E-state index in [1.165, 1.54) is 0 Å². The zero-order valence-electron chi connectivity index (χ0n) is 12.5. The highest BCUT2D eigenvalue weighted by atomic mass is 32.2. The number of anilines is 1. The minimum absolute atomic E-state index is 0.195. The van der Waals surface area contributed by atoms with Crippen LogP contribution in [0, 0.1) is 0 Å². The molecule has 0 bridgehead atoms. The van der Waals surface area contributed by atoms with Crippen LogP contribution in [0.3, 0.4) is 0 Å². The third kappa shape index (κ3) is 2.47. The van der Waals surface area contributed by atoms with E-state index in [2.05, 4.69) is 14.7 Å². The van der Waals surface area contributed by atoms with Crippen molar-refractivity contribution in [2.45, 2.75) is 4.90 Å². The van der Waals surface area contributed by atoms with E-state index in [0.717, 1.165) is 5.39 Å². The van der Waals surface area contributed by atoms with Crippen LogP contribution in [-0.2, 0) is 10.0 Å². The van der Waals surface area contributed by atoms with E-state index >= 15 is 0 Å². The standard InChI is InChI=1S/C18H13N3O2S/c22-24(23,17-10-2-8-15-14(17)7-4-11-19-15)21-16-9-1-5-13-6-3-12-20-18(13)16/h1-12,21H. The van der Waals surface area contributed by atoms with Crippen LogP contribution in [0.1, 0.15) is 0 Å². The quantitative estimate of drug-likeness (QED) is 0.621. The Labute approximate surface area is 139 Å². The van der Waals surface area contributed by atoms with Crippen LogP contribution in [0.15, 0.2) is 78.0 Å². The van der Waals surface area contributed by atoms with Gasteiger partial charge in [-0.05, 0) is 36.4 Å². The molecule has 0 atom stereocenters. The molecule has 4 rings (SSSR count). The second-order valence-corrected chi connectivity index (χ2v) is 6.96. The van der Waals surface area contributed by atoms with Gasteiger partial charge in [0, 0.05) is 23.2 Å². The molecular weight excluding hydrogens is 322 g/mol. The van der Waals surface area contributed by atoms with Gasteiger partial charge in [0.25, 0.3) is 10.0 Å². The van der Waals surface area contributed by atoms with E-state index in [-0.39, 0.29) is 4.90 Å². The highest BCUT2D eigenvalue weighted by molar-refractivity contribution is 7.93. The molecule has 0 aliphatic heterocycles. The summed E-state index contributed by atoms with van der Waals surface area (Å²) in [6.07, 6.45) is 3.28. The molecule has 0 amide bonds. The predicted molar refractivity (Wildman–Crippen MR) is 94.3 cm³/mol. The Morgan fingerprint density at radius 2 is 1.54 bits per heavy atom. The molecule has 118 valence electrons. The molecule has 0 saturated heterocycles.